The van der Waals surface area contributed by atoms with E-state index >= 15 is 0 Å². The van der Waals surface area contributed by atoms with Crippen molar-refractivity contribution in [1.29, 1.82) is 0 Å². The van der Waals surface area contributed by atoms with Crippen molar-refractivity contribution >= 4 is 5.91 Å². The normalized spacial score (nSPS) is 10.9. The Morgan fingerprint density at radius 3 is 2.11 bits per heavy atom. The van der Waals surface area contributed by atoms with E-state index in [1.54, 1.807) is 4.90 Å². The van der Waals surface area contributed by atoms with Crippen molar-refractivity contribution in [3.63, 3.8) is 0 Å². The van der Waals surface area contributed by atoms with Gasteiger partial charge in [-0.25, -0.2) is 0 Å². The number of carbonyl (C=O) groups is 1. The van der Waals surface area contributed by atoms with E-state index in [-0.39, 0.29) is 5.91 Å². The Balaban J connectivity index is 1.73. The van der Waals surface area contributed by atoms with Crippen molar-refractivity contribution in [3.05, 3.63) is 89.2 Å². The maximum Gasteiger partial charge on any atom is 0.253 e. The summed E-state index contributed by atoms with van der Waals surface area (Å²) in [7, 11) is 5.96. The molecular weight excluding hydrogens is 346 g/mol. The number of amides is 1. The topological polar surface area (TPSA) is 36.4 Å². The highest BCUT2D eigenvalue weighted by Crippen LogP contribution is 2.21. The van der Waals surface area contributed by atoms with Gasteiger partial charge in [0, 0.05) is 37.6 Å². The second kappa shape index (κ2) is 8.81. The van der Waals surface area contributed by atoms with Crippen LogP contribution in [-0.4, -0.2) is 41.8 Å². The van der Waals surface area contributed by atoms with Crippen LogP contribution in [0.5, 0.6) is 0 Å². The lowest BCUT2D eigenvalue weighted by atomic mass is 10.0. The molecule has 0 bridgehead atoms. The quantitative estimate of drug-likeness (QED) is 0.643. The second-order valence-corrected chi connectivity index (χ2v) is 7.43. The first-order valence-electron chi connectivity index (χ1n) is 9.44. The van der Waals surface area contributed by atoms with Gasteiger partial charge in [-0.05, 0) is 67.5 Å². The predicted octanol–water partition coefficient (Wildman–Crippen LogP) is 4.39. The first-order valence-corrected chi connectivity index (χ1v) is 9.44. The third-order valence-corrected chi connectivity index (χ3v) is 4.72. The van der Waals surface area contributed by atoms with E-state index in [0.717, 1.165) is 23.4 Å². The van der Waals surface area contributed by atoms with Crippen molar-refractivity contribution in [2.75, 3.05) is 21.1 Å². The number of hydrogen-bond donors (Lipinski definition) is 0. The molecule has 144 valence electrons. The number of rotatable bonds is 6. The van der Waals surface area contributed by atoms with Crippen LogP contribution >= 0.6 is 0 Å². The Labute approximate surface area is 167 Å². The van der Waals surface area contributed by atoms with Crippen LogP contribution in [0.25, 0.3) is 11.1 Å². The van der Waals surface area contributed by atoms with Crippen LogP contribution in [0.1, 0.15) is 27.2 Å². The van der Waals surface area contributed by atoms with E-state index in [1.807, 2.05) is 68.7 Å². The van der Waals surface area contributed by atoms with Gasteiger partial charge in [0.25, 0.3) is 5.91 Å². The Morgan fingerprint density at radius 2 is 1.50 bits per heavy atom. The molecule has 0 aliphatic heterocycles. The van der Waals surface area contributed by atoms with E-state index < -0.39 is 0 Å². The summed E-state index contributed by atoms with van der Waals surface area (Å²) in [5, 5.41) is 0. The minimum atomic E-state index is 0.0251. The van der Waals surface area contributed by atoms with E-state index in [0.29, 0.717) is 12.1 Å². The predicted molar refractivity (Wildman–Crippen MR) is 114 cm³/mol. The highest BCUT2D eigenvalue weighted by molar-refractivity contribution is 5.94. The van der Waals surface area contributed by atoms with Crippen LogP contribution in [0.15, 0.2) is 66.9 Å². The van der Waals surface area contributed by atoms with Crippen molar-refractivity contribution in [2.24, 2.45) is 0 Å². The minimum Gasteiger partial charge on any atom is -0.337 e. The summed E-state index contributed by atoms with van der Waals surface area (Å²) >= 11 is 0. The van der Waals surface area contributed by atoms with Gasteiger partial charge in [-0.1, -0.05) is 36.4 Å². The molecule has 0 saturated heterocycles. The molecule has 28 heavy (non-hydrogen) atoms. The molecule has 2 aromatic carbocycles. The average molecular weight is 374 g/mol. The molecule has 1 heterocycles. The van der Waals surface area contributed by atoms with Gasteiger partial charge in [-0.15, -0.1) is 0 Å². The fourth-order valence-electron chi connectivity index (χ4n) is 3.28. The van der Waals surface area contributed by atoms with Crippen LogP contribution in [0, 0.1) is 6.92 Å². The van der Waals surface area contributed by atoms with Crippen molar-refractivity contribution in [3.8, 4) is 11.1 Å². The summed E-state index contributed by atoms with van der Waals surface area (Å²) in [4.78, 5) is 21.0. The zero-order valence-corrected chi connectivity index (χ0v) is 17.0. The maximum absolute atomic E-state index is 12.9. The highest BCUT2D eigenvalue weighted by Gasteiger charge is 2.14. The van der Waals surface area contributed by atoms with Gasteiger partial charge in [0.1, 0.15) is 0 Å². The second-order valence-electron chi connectivity index (χ2n) is 7.43. The van der Waals surface area contributed by atoms with Crippen LogP contribution < -0.4 is 0 Å². The van der Waals surface area contributed by atoms with Crippen molar-refractivity contribution in [2.45, 2.75) is 20.0 Å². The Bertz CT molecular complexity index is 948. The molecule has 4 nitrogen and oxygen atoms in total. The average Bonchev–Trinajstić information content (AvgIpc) is 2.68. The molecule has 0 radical (unpaired) electrons. The number of aryl methyl sites for hydroxylation is 1. The van der Waals surface area contributed by atoms with E-state index in [4.69, 9.17) is 0 Å². The van der Waals surface area contributed by atoms with Crippen molar-refractivity contribution in [1.82, 2.24) is 14.8 Å². The van der Waals surface area contributed by atoms with Gasteiger partial charge in [0.15, 0.2) is 0 Å². The summed E-state index contributed by atoms with van der Waals surface area (Å²) < 4.78 is 0. The molecule has 0 aliphatic carbocycles. The zero-order chi connectivity index (χ0) is 20.1. The molecular formula is C24H27N3O. The van der Waals surface area contributed by atoms with Crippen LogP contribution in [-0.2, 0) is 13.1 Å². The molecule has 0 N–H and O–H groups in total. The van der Waals surface area contributed by atoms with E-state index in [9.17, 15) is 4.79 Å². The number of aromatic nitrogens is 1. The van der Waals surface area contributed by atoms with Gasteiger partial charge in [-0.2, -0.15) is 0 Å². The Hall–Kier alpha value is -2.98. The van der Waals surface area contributed by atoms with E-state index in [2.05, 4.69) is 36.1 Å². The standard InChI is InChI=1S/C24H27N3O/c1-18-15-21(13-14-25-18)19-9-11-20(12-10-19)24(28)27(4)17-23-8-6-5-7-22(23)16-26(2)3/h5-15H,16-17H2,1-4H3. The number of benzene rings is 2. The molecule has 0 spiro atoms. The molecule has 1 amide bonds. The van der Waals surface area contributed by atoms with Gasteiger partial charge < -0.3 is 9.80 Å². The summed E-state index contributed by atoms with van der Waals surface area (Å²) in [5.41, 5.74) is 6.29. The fraction of sp³-hybridized carbons (Fsp3) is 0.250. The molecule has 0 unspecified atom stereocenters. The zero-order valence-electron chi connectivity index (χ0n) is 17.0. The Morgan fingerprint density at radius 1 is 0.857 bits per heavy atom. The summed E-state index contributed by atoms with van der Waals surface area (Å²) in [6, 6.07) is 20.1. The molecule has 3 aromatic rings. The van der Waals surface area contributed by atoms with E-state index in [1.165, 1.54) is 11.1 Å². The largest absolute Gasteiger partial charge is 0.337 e. The molecule has 1 aromatic heterocycles. The molecule has 0 atom stereocenters. The fourth-order valence-corrected chi connectivity index (χ4v) is 3.28. The number of hydrogen-bond acceptors (Lipinski definition) is 3. The third kappa shape index (κ3) is 4.84. The molecule has 0 fully saturated rings. The lowest BCUT2D eigenvalue weighted by Gasteiger charge is -2.21. The SMILES string of the molecule is Cc1cc(-c2ccc(C(=O)N(C)Cc3ccccc3CN(C)C)cc2)ccn1. The molecule has 4 heteroatoms. The van der Waals surface area contributed by atoms with Gasteiger partial charge in [0.05, 0.1) is 0 Å². The number of nitrogens with zero attached hydrogens (tertiary/aromatic N) is 3. The summed E-state index contributed by atoms with van der Waals surface area (Å²) in [6.45, 7) is 3.43. The smallest absolute Gasteiger partial charge is 0.253 e. The minimum absolute atomic E-state index is 0.0251. The lowest BCUT2D eigenvalue weighted by molar-refractivity contribution is 0.0784. The summed E-state index contributed by atoms with van der Waals surface area (Å²) in [6.07, 6.45) is 1.81. The number of carbonyl (C=O) groups excluding carboxylic acids is 1. The summed E-state index contributed by atoms with van der Waals surface area (Å²) in [5.74, 6) is 0.0251. The molecule has 3 rings (SSSR count). The van der Waals surface area contributed by atoms with Crippen LogP contribution in [0.2, 0.25) is 0 Å². The molecule has 0 saturated carbocycles. The highest BCUT2D eigenvalue weighted by atomic mass is 16.2. The van der Waals surface area contributed by atoms with Crippen LogP contribution in [0.4, 0.5) is 0 Å². The van der Waals surface area contributed by atoms with Gasteiger partial charge >= 0.3 is 0 Å². The lowest BCUT2D eigenvalue weighted by Crippen LogP contribution is -2.27. The first-order chi connectivity index (χ1) is 13.4. The Kier molecular flexibility index (Phi) is 6.22. The maximum atomic E-state index is 12.9. The first kappa shape index (κ1) is 19.8. The van der Waals surface area contributed by atoms with Gasteiger partial charge in [-0.3, -0.25) is 9.78 Å². The number of pyridine rings is 1. The van der Waals surface area contributed by atoms with Crippen molar-refractivity contribution < 1.29 is 4.79 Å². The monoisotopic (exact) mass is 373 g/mol. The van der Waals surface area contributed by atoms with Crippen LogP contribution in [0.3, 0.4) is 0 Å². The molecule has 0 aliphatic rings. The van der Waals surface area contributed by atoms with Gasteiger partial charge in [0.2, 0.25) is 0 Å². The third-order valence-electron chi connectivity index (χ3n) is 4.72.